The lowest BCUT2D eigenvalue weighted by Gasteiger charge is -2.20. The van der Waals surface area contributed by atoms with Crippen molar-refractivity contribution in [3.63, 3.8) is 0 Å². The third kappa shape index (κ3) is 4.46. The molecule has 0 aromatic heterocycles. The molecule has 50 heavy (non-hydrogen) atoms. The van der Waals surface area contributed by atoms with E-state index in [0.717, 1.165) is 0 Å². The molecule has 0 radical (unpaired) electrons. The van der Waals surface area contributed by atoms with Crippen LogP contribution in [0.2, 0.25) is 0 Å². The van der Waals surface area contributed by atoms with Gasteiger partial charge >= 0.3 is 0 Å². The van der Waals surface area contributed by atoms with Crippen molar-refractivity contribution in [1.29, 1.82) is 0 Å². The van der Waals surface area contributed by atoms with Gasteiger partial charge in [0.25, 0.3) is 0 Å². The fraction of sp³-hybridized carbons (Fsp3) is 0. The zero-order chi connectivity index (χ0) is 33.0. The van der Waals surface area contributed by atoms with Gasteiger partial charge in [-0.05, 0) is 104 Å². The van der Waals surface area contributed by atoms with Crippen molar-refractivity contribution in [2.75, 3.05) is 0 Å². The summed E-state index contributed by atoms with van der Waals surface area (Å²) < 4.78 is 0. The van der Waals surface area contributed by atoms with E-state index in [1.165, 1.54) is 98.4 Å². The van der Waals surface area contributed by atoms with Crippen LogP contribution < -0.4 is 0 Å². The molecular weight excluding hydrogens is 601 g/mol. The topological polar surface area (TPSA) is 0 Å². The predicted octanol–water partition coefficient (Wildman–Crippen LogP) is 14.1. The number of hydrogen-bond donors (Lipinski definition) is 0. The minimum absolute atomic E-state index is 1.21. The number of rotatable bonds is 4. The molecule has 0 heteroatoms. The Bertz CT molecular complexity index is 2860. The molecule has 10 aromatic rings. The summed E-state index contributed by atoms with van der Waals surface area (Å²) in [5.41, 5.74) is 10.0. The molecule has 10 rings (SSSR count). The second kappa shape index (κ2) is 11.6. The van der Waals surface area contributed by atoms with Crippen molar-refractivity contribution in [3.05, 3.63) is 194 Å². The van der Waals surface area contributed by atoms with E-state index in [1.807, 2.05) is 0 Å². The maximum atomic E-state index is 2.41. The van der Waals surface area contributed by atoms with Gasteiger partial charge in [0.1, 0.15) is 0 Å². The Balaban J connectivity index is 1.26. The summed E-state index contributed by atoms with van der Waals surface area (Å²) in [5, 5.41) is 12.6. The van der Waals surface area contributed by atoms with Crippen LogP contribution in [0.4, 0.5) is 0 Å². The molecule has 0 aliphatic heterocycles. The van der Waals surface area contributed by atoms with Crippen LogP contribution in [0.25, 0.3) is 98.4 Å². The van der Waals surface area contributed by atoms with Gasteiger partial charge in [-0.3, -0.25) is 0 Å². The minimum atomic E-state index is 1.21. The highest BCUT2D eigenvalue weighted by Crippen LogP contribution is 2.47. The molecule has 0 aliphatic rings. The van der Waals surface area contributed by atoms with Gasteiger partial charge < -0.3 is 0 Å². The minimum Gasteiger partial charge on any atom is -0.0616 e. The molecule has 0 bridgehead atoms. The predicted molar refractivity (Wildman–Crippen MR) is 216 cm³/mol. The van der Waals surface area contributed by atoms with E-state index >= 15 is 0 Å². The van der Waals surface area contributed by atoms with Crippen molar-refractivity contribution < 1.29 is 0 Å². The van der Waals surface area contributed by atoms with Gasteiger partial charge in [0.05, 0.1) is 0 Å². The van der Waals surface area contributed by atoms with E-state index in [1.54, 1.807) is 0 Å². The Morgan fingerprint density at radius 2 is 0.600 bits per heavy atom. The lowest BCUT2D eigenvalue weighted by atomic mass is 9.83. The quantitative estimate of drug-likeness (QED) is 0.169. The SMILES string of the molecule is c1cc(-c2ccc3ccccc3c2-c2cccc3ccccc23)cc(-c2c3ccccc3c(-c3cccc4ccccc34)c3ccccc23)c1. The second-order valence-electron chi connectivity index (χ2n) is 13.2. The van der Waals surface area contributed by atoms with Crippen LogP contribution in [0, 0.1) is 0 Å². The van der Waals surface area contributed by atoms with Crippen molar-refractivity contribution in [2.45, 2.75) is 0 Å². The van der Waals surface area contributed by atoms with Crippen molar-refractivity contribution in [3.8, 4) is 44.5 Å². The van der Waals surface area contributed by atoms with Crippen LogP contribution >= 0.6 is 0 Å². The molecule has 0 nitrogen and oxygen atoms in total. The Hall–Kier alpha value is -6.50. The summed E-state index contributed by atoms with van der Waals surface area (Å²) in [6, 6.07) is 71.3. The van der Waals surface area contributed by atoms with E-state index < -0.39 is 0 Å². The first-order valence-corrected chi connectivity index (χ1v) is 17.4. The van der Waals surface area contributed by atoms with Gasteiger partial charge in [0, 0.05) is 0 Å². The van der Waals surface area contributed by atoms with Crippen LogP contribution in [0.5, 0.6) is 0 Å². The molecule has 0 N–H and O–H groups in total. The van der Waals surface area contributed by atoms with E-state index in [-0.39, 0.29) is 0 Å². The Kier molecular flexibility index (Phi) is 6.60. The molecular formula is C50H32. The first-order chi connectivity index (χ1) is 24.8. The maximum Gasteiger partial charge on any atom is -0.00201 e. The molecule has 0 saturated carbocycles. The fourth-order valence-corrected chi connectivity index (χ4v) is 8.26. The van der Waals surface area contributed by atoms with E-state index in [4.69, 9.17) is 0 Å². The summed E-state index contributed by atoms with van der Waals surface area (Å²) in [4.78, 5) is 0. The zero-order valence-corrected chi connectivity index (χ0v) is 27.5. The van der Waals surface area contributed by atoms with Crippen LogP contribution in [0.15, 0.2) is 194 Å². The largest absolute Gasteiger partial charge is 0.0616 e. The Labute approximate surface area is 291 Å². The highest BCUT2D eigenvalue weighted by molar-refractivity contribution is 6.23. The average molecular weight is 633 g/mol. The van der Waals surface area contributed by atoms with E-state index in [9.17, 15) is 0 Å². The van der Waals surface area contributed by atoms with Gasteiger partial charge in [-0.15, -0.1) is 0 Å². The van der Waals surface area contributed by atoms with Crippen molar-refractivity contribution in [1.82, 2.24) is 0 Å². The molecule has 0 unspecified atom stereocenters. The molecule has 0 aliphatic carbocycles. The van der Waals surface area contributed by atoms with E-state index in [0.29, 0.717) is 0 Å². The summed E-state index contributed by atoms with van der Waals surface area (Å²) in [7, 11) is 0. The summed E-state index contributed by atoms with van der Waals surface area (Å²) in [5.74, 6) is 0. The molecule has 0 fully saturated rings. The number of fused-ring (bicyclic) bond motifs is 5. The van der Waals surface area contributed by atoms with Crippen LogP contribution in [0.3, 0.4) is 0 Å². The van der Waals surface area contributed by atoms with Crippen molar-refractivity contribution >= 4 is 53.9 Å². The van der Waals surface area contributed by atoms with Gasteiger partial charge in [-0.1, -0.05) is 188 Å². The molecule has 0 atom stereocenters. The van der Waals surface area contributed by atoms with Crippen molar-refractivity contribution in [2.24, 2.45) is 0 Å². The fourth-order valence-electron chi connectivity index (χ4n) is 8.26. The standard InChI is InChI=1S/C50H32/c1-4-21-38-33(14-1)17-12-28-42(38)49-40-23-6-3-16-35(40)30-31-41(49)36-19-11-20-37(32-36)48-44-24-7-9-26-46(44)50(47-27-10-8-25-45(47)48)43-29-13-18-34-15-2-5-22-39(34)43/h1-32H. The van der Waals surface area contributed by atoms with Gasteiger partial charge in [0.15, 0.2) is 0 Å². The highest BCUT2D eigenvalue weighted by atomic mass is 14.2. The second-order valence-corrected chi connectivity index (χ2v) is 13.2. The van der Waals surface area contributed by atoms with Gasteiger partial charge in [0.2, 0.25) is 0 Å². The molecule has 10 aromatic carbocycles. The molecule has 0 spiro atoms. The first-order valence-electron chi connectivity index (χ1n) is 17.4. The molecule has 232 valence electrons. The first kappa shape index (κ1) is 28.5. The third-order valence-electron chi connectivity index (χ3n) is 10.4. The van der Waals surface area contributed by atoms with Gasteiger partial charge in [-0.25, -0.2) is 0 Å². The summed E-state index contributed by atoms with van der Waals surface area (Å²) in [6.45, 7) is 0. The van der Waals surface area contributed by atoms with Crippen LogP contribution in [0.1, 0.15) is 0 Å². The lowest BCUT2D eigenvalue weighted by molar-refractivity contribution is 1.61. The average Bonchev–Trinajstić information content (AvgIpc) is 3.19. The monoisotopic (exact) mass is 632 g/mol. The number of hydrogen-bond acceptors (Lipinski definition) is 0. The molecule has 0 saturated heterocycles. The molecule has 0 amide bonds. The Morgan fingerprint density at radius 3 is 1.18 bits per heavy atom. The van der Waals surface area contributed by atoms with Crippen LogP contribution in [-0.2, 0) is 0 Å². The Morgan fingerprint density at radius 1 is 0.200 bits per heavy atom. The van der Waals surface area contributed by atoms with Crippen LogP contribution in [-0.4, -0.2) is 0 Å². The van der Waals surface area contributed by atoms with Gasteiger partial charge in [-0.2, -0.15) is 0 Å². The lowest BCUT2D eigenvalue weighted by Crippen LogP contribution is -1.93. The summed E-state index contributed by atoms with van der Waals surface area (Å²) in [6.07, 6.45) is 0. The molecule has 0 heterocycles. The van der Waals surface area contributed by atoms with E-state index in [2.05, 4.69) is 194 Å². The zero-order valence-electron chi connectivity index (χ0n) is 27.5. The smallest absolute Gasteiger partial charge is 0.00201 e. The normalized spacial score (nSPS) is 11.6. The third-order valence-corrected chi connectivity index (χ3v) is 10.4. The highest BCUT2D eigenvalue weighted by Gasteiger charge is 2.19. The number of benzene rings is 10. The maximum absolute atomic E-state index is 2.41. The summed E-state index contributed by atoms with van der Waals surface area (Å²) >= 11 is 0.